The van der Waals surface area contributed by atoms with Crippen molar-refractivity contribution < 1.29 is 19.1 Å². The van der Waals surface area contributed by atoms with Crippen molar-refractivity contribution in [2.45, 2.75) is 6.42 Å². The number of hydrogen-bond acceptors (Lipinski definition) is 7. The molecule has 2 aromatic heterocycles. The van der Waals surface area contributed by atoms with E-state index in [1.165, 1.54) is 11.3 Å². The van der Waals surface area contributed by atoms with Crippen molar-refractivity contribution in [3.63, 3.8) is 0 Å². The fourth-order valence-electron chi connectivity index (χ4n) is 1.49. The van der Waals surface area contributed by atoms with Crippen molar-refractivity contribution in [3.05, 3.63) is 27.9 Å². The van der Waals surface area contributed by atoms with Crippen LogP contribution in [0, 0.1) is 0 Å². The zero-order valence-electron chi connectivity index (χ0n) is 11.4. The lowest BCUT2D eigenvalue weighted by Crippen LogP contribution is -2.36. The molecule has 0 spiro atoms. The lowest BCUT2D eigenvalue weighted by molar-refractivity contribution is -0.148. The first kappa shape index (κ1) is 16.1. The van der Waals surface area contributed by atoms with Crippen molar-refractivity contribution in [1.82, 2.24) is 10.3 Å². The molecule has 2 amide bonds. The number of thiophene rings is 1. The number of primary amides is 1. The number of carbonyl (C=O) groups excluding carboxylic acids is 3. The SMILES string of the molecule is NC(=O)CNC(=O)COC(=O)Cc1csc(-c2ccsc2)n1. The maximum atomic E-state index is 11.6. The number of thiazole rings is 1. The van der Waals surface area contributed by atoms with Gasteiger partial charge < -0.3 is 15.8 Å². The van der Waals surface area contributed by atoms with Crippen molar-refractivity contribution in [2.75, 3.05) is 13.2 Å². The summed E-state index contributed by atoms with van der Waals surface area (Å²) < 4.78 is 4.80. The second kappa shape index (κ2) is 7.66. The summed E-state index contributed by atoms with van der Waals surface area (Å²) in [5.74, 6) is -1.80. The predicted molar refractivity (Wildman–Crippen MR) is 82.3 cm³/mol. The average Bonchev–Trinajstić information content (AvgIpc) is 3.13. The first-order valence-electron chi connectivity index (χ1n) is 6.22. The van der Waals surface area contributed by atoms with Gasteiger partial charge in [-0.3, -0.25) is 14.4 Å². The van der Waals surface area contributed by atoms with Gasteiger partial charge in [-0.1, -0.05) is 0 Å². The van der Waals surface area contributed by atoms with Gasteiger partial charge >= 0.3 is 5.97 Å². The highest BCUT2D eigenvalue weighted by atomic mass is 32.1. The third kappa shape index (κ3) is 4.93. The third-order valence-electron chi connectivity index (χ3n) is 2.47. The Morgan fingerprint density at radius 3 is 2.82 bits per heavy atom. The summed E-state index contributed by atoms with van der Waals surface area (Å²) in [7, 11) is 0. The van der Waals surface area contributed by atoms with E-state index in [1.807, 2.05) is 16.8 Å². The van der Waals surface area contributed by atoms with E-state index in [4.69, 9.17) is 10.5 Å². The molecule has 3 N–H and O–H groups in total. The smallest absolute Gasteiger partial charge is 0.312 e. The van der Waals surface area contributed by atoms with Crippen LogP contribution in [0.4, 0.5) is 0 Å². The molecular formula is C13H13N3O4S2. The molecule has 0 atom stereocenters. The van der Waals surface area contributed by atoms with Gasteiger partial charge in [0, 0.05) is 16.3 Å². The van der Waals surface area contributed by atoms with Crippen LogP contribution in [0.2, 0.25) is 0 Å². The van der Waals surface area contributed by atoms with Crippen LogP contribution in [0.5, 0.6) is 0 Å². The molecule has 7 nitrogen and oxygen atoms in total. The number of hydrogen-bond donors (Lipinski definition) is 2. The summed E-state index contributed by atoms with van der Waals surface area (Å²) in [5.41, 5.74) is 6.48. The summed E-state index contributed by atoms with van der Waals surface area (Å²) in [6.45, 7) is -0.736. The molecule has 0 aromatic carbocycles. The lowest BCUT2D eigenvalue weighted by atomic mass is 10.3. The van der Waals surface area contributed by atoms with Crippen LogP contribution < -0.4 is 11.1 Å². The quantitative estimate of drug-likeness (QED) is 0.716. The van der Waals surface area contributed by atoms with Crippen LogP contribution in [0.15, 0.2) is 22.2 Å². The number of nitrogens with two attached hydrogens (primary N) is 1. The Morgan fingerprint density at radius 1 is 1.32 bits per heavy atom. The largest absolute Gasteiger partial charge is 0.455 e. The highest BCUT2D eigenvalue weighted by Gasteiger charge is 2.12. The average molecular weight is 339 g/mol. The highest BCUT2D eigenvalue weighted by molar-refractivity contribution is 7.14. The molecule has 22 heavy (non-hydrogen) atoms. The molecular weight excluding hydrogens is 326 g/mol. The van der Waals surface area contributed by atoms with E-state index in [-0.39, 0.29) is 13.0 Å². The summed E-state index contributed by atoms with van der Waals surface area (Å²) >= 11 is 3.02. The van der Waals surface area contributed by atoms with E-state index in [1.54, 1.807) is 16.7 Å². The molecule has 0 bridgehead atoms. The minimum Gasteiger partial charge on any atom is -0.455 e. The maximum absolute atomic E-state index is 11.6. The Balaban J connectivity index is 1.78. The number of ether oxygens (including phenoxy) is 1. The van der Waals surface area contributed by atoms with Crippen molar-refractivity contribution in [2.24, 2.45) is 5.73 Å². The summed E-state index contributed by atoms with van der Waals surface area (Å²) in [6, 6.07) is 1.95. The summed E-state index contributed by atoms with van der Waals surface area (Å²) in [4.78, 5) is 37.7. The van der Waals surface area contributed by atoms with Gasteiger partial charge in [0.2, 0.25) is 5.91 Å². The first-order valence-corrected chi connectivity index (χ1v) is 8.04. The van der Waals surface area contributed by atoms with E-state index >= 15 is 0 Å². The Kier molecular flexibility index (Phi) is 5.61. The van der Waals surface area contributed by atoms with E-state index < -0.39 is 24.4 Å². The fraction of sp³-hybridized carbons (Fsp3) is 0.231. The minimum atomic E-state index is -0.664. The lowest BCUT2D eigenvalue weighted by Gasteiger charge is -2.04. The molecule has 0 fully saturated rings. The standard InChI is InChI=1S/C13H13N3O4S2/c14-10(17)4-15-11(18)5-20-12(19)3-9-7-22-13(16-9)8-1-2-21-6-8/h1-2,6-7H,3-5H2,(H2,14,17)(H,15,18). The Morgan fingerprint density at radius 2 is 2.14 bits per heavy atom. The van der Waals surface area contributed by atoms with Gasteiger partial charge in [0.05, 0.1) is 18.7 Å². The fourth-order valence-corrected chi connectivity index (χ4v) is 3.02. The second-order valence-corrected chi connectivity index (χ2v) is 5.87. The molecule has 0 aliphatic rings. The number of rotatable bonds is 7. The van der Waals surface area contributed by atoms with Gasteiger partial charge in [-0.25, -0.2) is 4.98 Å². The van der Waals surface area contributed by atoms with E-state index in [9.17, 15) is 14.4 Å². The number of aromatic nitrogens is 1. The molecule has 0 aliphatic carbocycles. The van der Waals surface area contributed by atoms with Crippen LogP contribution in [0.3, 0.4) is 0 Å². The van der Waals surface area contributed by atoms with Crippen LogP contribution in [0.1, 0.15) is 5.69 Å². The van der Waals surface area contributed by atoms with Gasteiger partial charge in [-0.2, -0.15) is 11.3 Å². The van der Waals surface area contributed by atoms with Crippen molar-refractivity contribution in [1.29, 1.82) is 0 Å². The minimum absolute atomic E-state index is 0.0102. The van der Waals surface area contributed by atoms with Crippen LogP contribution >= 0.6 is 22.7 Å². The van der Waals surface area contributed by atoms with E-state index in [2.05, 4.69) is 10.3 Å². The Labute approximate surface area is 134 Å². The molecule has 0 unspecified atom stereocenters. The van der Waals surface area contributed by atoms with Gasteiger partial charge in [0.1, 0.15) is 5.01 Å². The molecule has 116 valence electrons. The van der Waals surface area contributed by atoms with Gasteiger partial charge in [-0.05, 0) is 11.4 Å². The normalized spacial score (nSPS) is 10.2. The molecule has 0 saturated carbocycles. The predicted octanol–water partition coefficient (Wildman–Crippen LogP) is 0.559. The monoisotopic (exact) mass is 339 g/mol. The van der Waals surface area contributed by atoms with Gasteiger partial charge in [0.25, 0.3) is 5.91 Å². The number of carbonyl (C=O) groups is 3. The van der Waals surface area contributed by atoms with Crippen molar-refractivity contribution >= 4 is 40.5 Å². The topological polar surface area (TPSA) is 111 Å². The third-order valence-corrected chi connectivity index (χ3v) is 4.09. The van der Waals surface area contributed by atoms with Crippen LogP contribution in [-0.4, -0.2) is 35.9 Å². The van der Waals surface area contributed by atoms with Crippen molar-refractivity contribution in [3.8, 4) is 10.6 Å². The Hall–Kier alpha value is -2.26. The number of nitrogens with zero attached hydrogens (tertiary/aromatic N) is 1. The molecule has 0 radical (unpaired) electrons. The number of amides is 2. The van der Waals surface area contributed by atoms with Gasteiger partial charge in [0.15, 0.2) is 6.61 Å². The zero-order chi connectivity index (χ0) is 15.9. The summed E-state index contributed by atoms with van der Waals surface area (Å²) in [6.07, 6.45) is -0.0102. The molecule has 2 aromatic rings. The molecule has 9 heteroatoms. The van der Waals surface area contributed by atoms with E-state index in [0.29, 0.717) is 5.69 Å². The van der Waals surface area contributed by atoms with Crippen LogP contribution in [-0.2, 0) is 25.5 Å². The summed E-state index contributed by atoms with van der Waals surface area (Å²) in [5, 5.41) is 8.77. The highest BCUT2D eigenvalue weighted by Crippen LogP contribution is 2.25. The number of esters is 1. The molecule has 0 saturated heterocycles. The van der Waals surface area contributed by atoms with E-state index in [0.717, 1.165) is 10.6 Å². The maximum Gasteiger partial charge on any atom is 0.312 e. The number of nitrogens with one attached hydrogen (secondary N) is 1. The zero-order valence-corrected chi connectivity index (χ0v) is 13.0. The molecule has 2 rings (SSSR count). The van der Waals surface area contributed by atoms with Crippen LogP contribution in [0.25, 0.3) is 10.6 Å². The van der Waals surface area contributed by atoms with Gasteiger partial charge in [-0.15, -0.1) is 11.3 Å². The second-order valence-electron chi connectivity index (χ2n) is 4.24. The molecule has 0 aliphatic heterocycles. The Bertz CT molecular complexity index is 667. The molecule has 2 heterocycles. The first-order chi connectivity index (χ1) is 10.5.